The van der Waals surface area contributed by atoms with Gasteiger partial charge >= 0.3 is 0 Å². The van der Waals surface area contributed by atoms with Crippen LogP contribution in [0.3, 0.4) is 0 Å². The minimum absolute atomic E-state index is 0.523. The summed E-state index contributed by atoms with van der Waals surface area (Å²) >= 11 is 1.97. The van der Waals surface area contributed by atoms with Crippen LogP contribution in [-0.2, 0) is 0 Å². The van der Waals surface area contributed by atoms with Gasteiger partial charge in [0.1, 0.15) is 18.0 Å². The Morgan fingerprint density at radius 1 is 1.44 bits per heavy atom. The Hall–Kier alpha value is -0.970. The van der Waals surface area contributed by atoms with E-state index in [2.05, 4.69) is 21.5 Å². The summed E-state index contributed by atoms with van der Waals surface area (Å²) in [5.41, 5.74) is 5.62. The topological polar surface area (TPSA) is 63.8 Å². The van der Waals surface area contributed by atoms with E-state index in [0.29, 0.717) is 11.9 Å². The van der Waals surface area contributed by atoms with Crippen LogP contribution in [0.4, 0.5) is 11.6 Å². The summed E-state index contributed by atoms with van der Waals surface area (Å²) in [5.74, 6) is 1.37. The Morgan fingerprint density at radius 3 is 3.06 bits per heavy atom. The molecule has 0 aliphatic heterocycles. The van der Waals surface area contributed by atoms with Crippen molar-refractivity contribution in [3.8, 4) is 0 Å². The third kappa shape index (κ3) is 3.01. The number of rotatable bonds is 3. The molecule has 1 aliphatic rings. The molecule has 3 N–H and O–H groups in total. The highest BCUT2D eigenvalue weighted by Gasteiger charge is 2.21. The smallest absolute Gasteiger partial charge is 0.131 e. The van der Waals surface area contributed by atoms with E-state index in [-0.39, 0.29) is 0 Å². The predicted octanol–water partition coefficient (Wildman–Crippen LogP) is 2.14. The number of anilines is 2. The first-order valence-electron chi connectivity index (χ1n) is 5.65. The number of hydrogen-bond acceptors (Lipinski definition) is 5. The molecule has 0 spiro atoms. The highest BCUT2D eigenvalue weighted by atomic mass is 32.2. The normalized spacial score (nSPS) is 25.3. The monoisotopic (exact) mass is 238 g/mol. The quantitative estimate of drug-likeness (QED) is 0.844. The first-order valence-corrected chi connectivity index (χ1v) is 6.93. The van der Waals surface area contributed by atoms with Crippen molar-refractivity contribution in [1.29, 1.82) is 0 Å². The molecule has 88 valence electrons. The van der Waals surface area contributed by atoms with Crippen molar-refractivity contribution in [2.45, 2.75) is 37.0 Å². The fourth-order valence-corrected chi connectivity index (χ4v) is 2.98. The van der Waals surface area contributed by atoms with Crippen LogP contribution in [0.2, 0.25) is 0 Å². The van der Waals surface area contributed by atoms with E-state index in [9.17, 15) is 0 Å². The first kappa shape index (κ1) is 11.5. The summed E-state index contributed by atoms with van der Waals surface area (Å²) in [6, 6.07) is 2.32. The van der Waals surface area contributed by atoms with Crippen molar-refractivity contribution in [2.75, 3.05) is 17.3 Å². The Labute approximate surface area is 100 Å². The summed E-state index contributed by atoms with van der Waals surface area (Å²) in [6.45, 7) is 0. The lowest BCUT2D eigenvalue weighted by Gasteiger charge is -2.28. The number of nitrogens with zero attached hydrogens (tertiary/aromatic N) is 2. The molecular formula is C11H18N4S. The molecule has 2 rings (SSSR count). The fourth-order valence-electron chi connectivity index (χ4n) is 2.15. The largest absolute Gasteiger partial charge is 0.384 e. The second kappa shape index (κ2) is 5.39. The molecule has 16 heavy (non-hydrogen) atoms. The van der Waals surface area contributed by atoms with Crippen LogP contribution in [0.25, 0.3) is 0 Å². The van der Waals surface area contributed by atoms with E-state index < -0.39 is 0 Å². The Morgan fingerprint density at radius 2 is 2.31 bits per heavy atom. The van der Waals surface area contributed by atoms with Gasteiger partial charge in [0.2, 0.25) is 0 Å². The minimum Gasteiger partial charge on any atom is -0.384 e. The lowest BCUT2D eigenvalue weighted by molar-refractivity contribution is 0.473. The molecule has 0 radical (unpaired) electrons. The number of nitrogens with one attached hydrogen (secondary N) is 1. The molecule has 1 aliphatic carbocycles. The second-order valence-electron chi connectivity index (χ2n) is 4.19. The molecule has 4 nitrogen and oxygen atoms in total. The number of nitrogens with two attached hydrogens (primary N) is 1. The number of hydrogen-bond donors (Lipinski definition) is 2. The Bertz CT molecular complexity index is 345. The van der Waals surface area contributed by atoms with Crippen LogP contribution in [0, 0.1) is 0 Å². The van der Waals surface area contributed by atoms with Gasteiger partial charge in [-0.2, -0.15) is 11.8 Å². The van der Waals surface area contributed by atoms with E-state index in [1.165, 1.54) is 32.0 Å². The van der Waals surface area contributed by atoms with Crippen LogP contribution < -0.4 is 11.1 Å². The van der Waals surface area contributed by atoms with Gasteiger partial charge < -0.3 is 11.1 Å². The number of thioether (sulfide) groups is 1. The first-order chi connectivity index (χ1) is 7.78. The molecule has 1 aromatic rings. The Balaban J connectivity index is 1.94. The molecule has 2 atom stereocenters. The zero-order chi connectivity index (χ0) is 11.4. The van der Waals surface area contributed by atoms with Crippen molar-refractivity contribution >= 4 is 23.4 Å². The van der Waals surface area contributed by atoms with Crippen LogP contribution in [-0.4, -0.2) is 27.5 Å². The van der Waals surface area contributed by atoms with E-state index in [1.54, 1.807) is 6.07 Å². The summed E-state index contributed by atoms with van der Waals surface area (Å²) < 4.78 is 0. The highest BCUT2D eigenvalue weighted by molar-refractivity contribution is 7.99. The van der Waals surface area contributed by atoms with Crippen LogP contribution >= 0.6 is 11.8 Å². The van der Waals surface area contributed by atoms with Crippen LogP contribution in [0.5, 0.6) is 0 Å². The molecule has 1 aromatic heterocycles. The maximum atomic E-state index is 5.62. The number of nitrogen functional groups attached to an aromatic ring is 1. The minimum atomic E-state index is 0.523. The van der Waals surface area contributed by atoms with Crippen molar-refractivity contribution in [2.24, 2.45) is 0 Å². The van der Waals surface area contributed by atoms with Crippen LogP contribution in [0.15, 0.2) is 12.4 Å². The predicted molar refractivity (Wildman–Crippen MR) is 69.6 cm³/mol. The summed E-state index contributed by atoms with van der Waals surface area (Å²) in [7, 11) is 0. The fraction of sp³-hybridized carbons (Fsp3) is 0.636. The molecule has 2 unspecified atom stereocenters. The highest BCUT2D eigenvalue weighted by Crippen LogP contribution is 2.28. The van der Waals surface area contributed by atoms with Gasteiger partial charge in [0.25, 0.3) is 0 Å². The lowest BCUT2D eigenvalue weighted by Crippen LogP contribution is -2.28. The maximum Gasteiger partial charge on any atom is 0.131 e. The molecule has 0 bridgehead atoms. The standard InChI is InChI=1S/C11H18N4S/c1-16-9-4-2-3-8(5-9)15-11-6-10(12)13-7-14-11/h6-9H,2-5H2,1H3,(H3,12,13,14,15). The average Bonchev–Trinajstić information content (AvgIpc) is 2.29. The second-order valence-corrected chi connectivity index (χ2v) is 5.33. The molecule has 1 saturated carbocycles. The molecular weight excluding hydrogens is 220 g/mol. The zero-order valence-electron chi connectivity index (χ0n) is 9.52. The molecule has 0 amide bonds. The molecule has 5 heteroatoms. The van der Waals surface area contributed by atoms with Crippen molar-refractivity contribution in [3.05, 3.63) is 12.4 Å². The van der Waals surface area contributed by atoms with E-state index >= 15 is 0 Å². The van der Waals surface area contributed by atoms with E-state index in [4.69, 9.17) is 5.73 Å². The van der Waals surface area contributed by atoms with Crippen molar-refractivity contribution in [1.82, 2.24) is 9.97 Å². The molecule has 0 saturated heterocycles. The van der Waals surface area contributed by atoms with E-state index in [1.807, 2.05) is 11.8 Å². The third-order valence-electron chi connectivity index (χ3n) is 3.00. The third-order valence-corrected chi connectivity index (χ3v) is 4.09. The summed E-state index contributed by atoms with van der Waals surface area (Å²) in [4.78, 5) is 8.06. The molecule has 1 fully saturated rings. The van der Waals surface area contributed by atoms with Gasteiger partial charge in [0.15, 0.2) is 0 Å². The Kier molecular flexibility index (Phi) is 3.88. The maximum absolute atomic E-state index is 5.62. The van der Waals surface area contributed by atoms with Gasteiger partial charge in [-0.3, -0.25) is 0 Å². The number of aromatic nitrogens is 2. The van der Waals surface area contributed by atoms with Crippen LogP contribution in [0.1, 0.15) is 25.7 Å². The zero-order valence-corrected chi connectivity index (χ0v) is 10.3. The lowest BCUT2D eigenvalue weighted by atomic mass is 9.95. The van der Waals surface area contributed by atoms with E-state index in [0.717, 1.165) is 11.1 Å². The molecule has 0 aromatic carbocycles. The summed E-state index contributed by atoms with van der Waals surface area (Å²) in [5, 5.41) is 4.22. The van der Waals surface area contributed by atoms with Gasteiger partial charge in [-0.25, -0.2) is 9.97 Å². The van der Waals surface area contributed by atoms with Crippen molar-refractivity contribution < 1.29 is 0 Å². The summed E-state index contributed by atoms with van der Waals surface area (Å²) in [6.07, 6.45) is 8.77. The SMILES string of the molecule is CSC1CCCC(Nc2cc(N)ncn2)C1. The van der Waals surface area contributed by atoms with Gasteiger partial charge in [-0.15, -0.1) is 0 Å². The van der Waals surface area contributed by atoms with Gasteiger partial charge in [0.05, 0.1) is 0 Å². The van der Waals surface area contributed by atoms with Gasteiger partial charge in [-0.1, -0.05) is 6.42 Å². The van der Waals surface area contributed by atoms with Gasteiger partial charge in [-0.05, 0) is 25.5 Å². The molecule has 1 heterocycles. The average molecular weight is 238 g/mol. The van der Waals surface area contributed by atoms with Crippen molar-refractivity contribution in [3.63, 3.8) is 0 Å². The van der Waals surface area contributed by atoms with Gasteiger partial charge in [0, 0.05) is 17.4 Å².